The first kappa shape index (κ1) is 19.2. The van der Waals surface area contributed by atoms with Gasteiger partial charge in [-0.3, -0.25) is 4.79 Å². The topological polar surface area (TPSA) is 78.4 Å². The van der Waals surface area contributed by atoms with Crippen molar-refractivity contribution in [1.82, 2.24) is 5.32 Å². The minimum atomic E-state index is -1.22. The minimum absolute atomic E-state index is 0.208. The maximum atomic E-state index is 12.2. The number of rotatable bonds is 6. The maximum absolute atomic E-state index is 12.2. The summed E-state index contributed by atoms with van der Waals surface area (Å²) in [6.45, 7) is 0. The predicted octanol–water partition coefficient (Wildman–Crippen LogP) is 4.94. The molecular formula is C22H17ClN2O3. The number of hydrogen-bond donors (Lipinski definition) is 3. The third-order valence-electron chi connectivity index (χ3n) is 3.89. The quantitative estimate of drug-likeness (QED) is 0.519. The number of carbonyl (C=O) groups is 2. The Morgan fingerprint density at radius 2 is 1.50 bits per heavy atom. The average molecular weight is 393 g/mol. The van der Waals surface area contributed by atoms with E-state index in [9.17, 15) is 14.7 Å². The van der Waals surface area contributed by atoms with Crippen LogP contribution in [0.5, 0.6) is 0 Å². The zero-order valence-corrected chi connectivity index (χ0v) is 15.5. The Kier molecular flexibility index (Phi) is 6.09. The van der Waals surface area contributed by atoms with E-state index in [0.717, 1.165) is 11.4 Å². The third-order valence-corrected chi connectivity index (χ3v) is 4.22. The van der Waals surface area contributed by atoms with Crippen LogP contribution in [0.4, 0.5) is 11.4 Å². The molecule has 3 rings (SSSR count). The zero-order chi connectivity index (χ0) is 19.9. The number of carboxylic acid groups (broad SMARTS) is 1. The summed E-state index contributed by atoms with van der Waals surface area (Å²) < 4.78 is 0. The summed E-state index contributed by atoms with van der Waals surface area (Å²) in [5, 5.41) is 15.6. The second-order valence-corrected chi connectivity index (χ2v) is 6.32. The summed E-state index contributed by atoms with van der Waals surface area (Å²) in [6.07, 6.45) is 1.41. The van der Waals surface area contributed by atoms with Crippen LogP contribution in [-0.2, 0) is 4.79 Å². The van der Waals surface area contributed by atoms with Gasteiger partial charge in [-0.25, -0.2) is 4.79 Å². The molecule has 3 aromatic carbocycles. The maximum Gasteiger partial charge on any atom is 0.352 e. The highest BCUT2D eigenvalue weighted by molar-refractivity contribution is 6.33. The number of halogens is 1. The molecule has 0 saturated carbocycles. The standard InChI is InChI=1S/C22H17ClN2O3/c23-18-8-4-5-9-19(18)24-17-12-10-15(11-13-17)14-20(22(27)28)25-21(26)16-6-2-1-3-7-16/h1-14,24H,(H,25,26)(H,27,28)/b20-14+. The number of hydrogen-bond acceptors (Lipinski definition) is 3. The fourth-order valence-electron chi connectivity index (χ4n) is 2.48. The van der Waals surface area contributed by atoms with Crippen LogP contribution in [0, 0.1) is 0 Å². The van der Waals surface area contributed by atoms with Gasteiger partial charge in [0.05, 0.1) is 10.7 Å². The van der Waals surface area contributed by atoms with Gasteiger partial charge in [0.15, 0.2) is 0 Å². The monoisotopic (exact) mass is 392 g/mol. The molecule has 0 heterocycles. The van der Waals surface area contributed by atoms with Gasteiger partial charge >= 0.3 is 5.97 Å². The Morgan fingerprint density at radius 3 is 2.14 bits per heavy atom. The summed E-state index contributed by atoms with van der Waals surface area (Å²) >= 11 is 6.13. The van der Waals surface area contributed by atoms with Crippen molar-refractivity contribution in [2.45, 2.75) is 0 Å². The summed E-state index contributed by atoms with van der Waals surface area (Å²) in [7, 11) is 0. The number of aliphatic carboxylic acids is 1. The molecule has 0 radical (unpaired) electrons. The number of carbonyl (C=O) groups excluding carboxylic acids is 1. The van der Waals surface area contributed by atoms with E-state index in [1.165, 1.54) is 6.08 Å². The summed E-state index contributed by atoms with van der Waals surface area (Å²) in [6, 6.07) is 22.9. The largest absolute Gasteiger partial charge is 0.477 e. The van der Waals surface area contributed by atoms with Crippen LogP contribution in [-0.4, -0.2) is 17.0 Å². The van der Waals surface area contributed by atoms with Crippen molar-refractivity contribution in [2.75, 3.05) is 5.32 Å². The summed E-state index contributed by atoms with van der Waals surface area (Å²) in [5.41, 5.74) is 2.38. The van der Waals surface area contributed by atoms with Crippen molar-refractivity contribution in [3.05, 3.63) is 101 Å². The van der Waals surface area contributed by atoms with Gasteiger partial charge in [-0.15, -0.1) is 0 Å². The molecule has 0 aliphatic carbocycles. The molecule has 140 valence electrons. The van der Waals surface area contributed by atoms with E-state index in [-0.39, 0.29) is 5.70 Å². The molecule has 0 unspecified atom stereocenters. The predicted molar refractivity (Wildman–Crippen MR) is 111 cm³/mol. The minimum Gasteiger partial charge on any atom is -0.477 e. The fourth-order valence-corrected chi connectivity index (χ4v) is 2.67. The second-order valence-electron chi connectivity index (χ2n) is 5.91. The Hall–Kier alpha value is -3.57. The lowest BCUT2D eigenvalue weighted by Crippen LogP contribution is -2.27. The first-order chi connectivity index (χ1) is 13.5. The van der Waals surface area contributed by atoms with Crippen molar-refractivity contribution in [1.29, 1.82) is 0 Å². The zero-order valence-electron chi connectivity index (χ0n) is 14.7. The van der Waals surface area contributed by atoms with Gasteiger partial charge in [0.2, 0.25) is 0 Å². The highest BCUT2D eigenvalue weighted by atomic mass is 35.5. The van der Waals surface area contributed by atoms with Gasteiger partial charge in [-0.2, -0.15) is 0 Å². The Balaban J connectivity index is 1.75. The van der Waals surface area contributed by atoms with Crippen LogP contribution < -0.4 is 10.6 Å². The first-order valence-electron chi connectivity index (χ1n) is 8.46. The second kappa shape index (κ2) is 8.88. The molecule has 0 aromatic heterocycles. The molecule has 3 aromatic rings. The molecular weight excluding hydrogens is 376 g/mol. The molecule has 0 atom stereocenters. The van der Waals surface area contributed by atoms with Crippen LogP contribution in [0.15, 0.2) is 84.6 Å². The SMILES string of the molecule is O=C(O)/C(=C\c1ccc(Nc2ccccc2Cl)cc1)NC(=O)c1ccccc1. The smallest absolute Gasteiger partial charge is 0.352 e. The molecule has 0 saturated heterocycles. The summed E-state index contributed by atoms with van der Waals surface area (Å²) in [5.74, 6) is -1.70. The molecule has 28 heavy (non-hydrogen) atoms. The molecule has 1 amide bonds. The van der Waals surface area contributed by atoms with E-state index in [2.05, 4.69) is 10.6 Å². The molecule has 6 heteroatoms. The van der Waals surface area contributed by atoms with Gasteiger partial charge in [0.1, 0.15) is 5.70 Å². The highest BCUT2D eigenvalue weighted by Gasteiger charge is 2.13. The van der Waals surface area contributed by atoms with Crippen molar-refractivity contribution in [3.63, 3.8) is 0 Å². The van der Waals surface area contributed by atoms with E-state index in [4.69, 9.17) is 11.6 Å². The Morgan fingerprint density at radius 1 is 0.857 bits per heavy atom. The van der Waals surface area contributed by atoms with Crippen molar-refractivity contribution in [2.24, 2.45) is 0 Å². The van der Waals surface area contributed by atoms with Crippen LogP contribution in [0.25, 0.3) is 6.08 Å². The molecule has 0 aliphatic heterocycles. The highest BCUT2D eigenvalue weighted by Crippen LogP contribution is 2.25. The van der Waals surface area contributed by atoms with E-state index in [1.54, 1.807) is 60.7 Å². The molecule has 5 nitrogen and oxygen atoms in total. The van der Waals surface area contributed by atoms with Gasteiger partial charge in [0, 0.05) is 11.3 Å². The molecule has 0 fully saturated rings. The first-order valence-corrected chi connectivity index (χ1v) is 8.84. The number of carboxylic acids is 1. The molecule has 3 N–H and O–H groups in total. The van der Waals surface area contributed by atoms with E-state index >= 15 is 0 Å². The molecule has 0 bridgehead atoms. The van der Waals surface area contributed by atoms with E-state index in [1.807, 2.05) is 18.2 Å². The van der Waals surface area contributed by atoms with E-state index < -0.39 is 11.9 Å². The number of para-hydroxylation sites is 1. The third kappa shape index (κ3) is 4.99. The lowest BCUT2D eigenvalue weighted by molar-refractivity contribution is -0.132. The van der Waals surface area contributed by atoms with Crippen molar-refractivity contribution >= 4 is 40.9 Å². The number of anilines is 2. The Labute approximate surface area is 167 Å². The number of nitrogens with one attached hydrogen (secondary N) is 2. The summed E-state index contributed by atoms with van der Waals surface area (Å²) in [4.78, 5) is 23.7. The van der Waals surface area contributed by atoms with Crippen LogP contribution in [0.3, 0.4) is 0 Å². The van der Waals surface area contributed by atoms with Gasteiger partial charge in [-0.1, -0.05) is 54.1 Å². The van der Waals surface area contributed by atoms with Gasteiger partial charge < -0.3 is 15.7 Å². The van der Waals surface area contributed by atoms with Crippen molar-refractivity contribution in [3.8, 4) is 0 Å². The molecule has 0 aliphatic rings. The van der Waals surface area contributed by atoms with Crippen LogP contribution in [0.2, 0.25) is 5.02 Å². The lowest BCUT2D eigenvalue weighted by Gasteiger charge is -2.09. The van der Waals surface area contributed by atoms with Gasteiger partial charge in [-0.05, 0) is 48.0 Å². The van der Waals surface area contributed by atoms with Crippen molar-refractivity contribution < 1.29 is 14.7 Å². The van der Waals surface area contributed by atoms with Crippen LogP contribution in [0.1, 0.15) is 15.9 Å². The fraction of sp³-hybridized carbons (Fsp3) is 0. The van der Waals surface area contributed by atoms with Gasteiger partial charge in [0.25, 0.3) is 5.91 Å². The number of amides is 1. The van der Waals surface area contributed by atoms with E-state index in [0.29, 0.717) is 16.1 Å². The number of benzene rings is 3. The average Bonchev–Trinajstić information content (AvgIpc) is 2.71. The normalized spacial score (nSPS) is 11.0. The lowest BCUT2D eigenvalue weighted by atomic mass is 10.1. The molecule has 0 spiro atoms. The van der Waals surface area contributed by atoms with Crippen LogP contribution >= 0.6 is 11.6 Å². The Bertz CT molecular complexity index is 1020.